The van der Waals surface area contributed by atoms with Gasteiger partial charge in [-0.1, -0.05) is 0 Å². The van der Waals surface area contributed by atoms with Crippen LogP contribution in [0, 0.1) is 6.92 Å². The molecule has 0 spiro atoms. The van der Waals surface area contributed by atoms with E-state index in [2.05, 4.69) is 15.3 Å². The molecule has 1 aliphatic rings. The summed E-state index contributed by atoms with van der Waals surface area (Å²) < 4.78 is 10.6. The molecule has 3 heterocycles. The smallest absolute Gasteiger partial charge is 0.255 e. The monoisotopic (exact) mass is 287 g/mol. The summed E-state index contributed by atoms with van der Waals surface area (Å²) in [5.41, 5.74) is -0.0443. The van der Waals surface area contributed by atoms with Gasteiger partial charge in [-0.25, -0.2) is 9.97 Å². The number of carbonyl (C=O) groups is 1. The van der Waals surface area contributed by atoms with Crippen LogP contribution in [-0.2, 0) is 10.3 Å². The molecule has 0 bridgehead atoms. The number of rotatable bonds is 3. The number of carbonyl (C=O) groups excluding carboxylic acids is 1. The van der Waals surface area contributed by atoms with E-state index in [-0.39, 0.29) is 5.91 Å². The van der Waals surface area contributed by atoms with Crippen molar-refractivity contribution in [1.82, 2.24) is 15.3 Å². The standard InChI is InChI=1S/C15H17N3O3/c1-11-12(3-8-21-11)13(19)18-15(4-9-20-10-5-15)14-16-6-2-7-17-14/h2-3,6-8H,4-5,9-10H2,1H3,(H,18,19). The lowest BCUT2D eigenvalue weighted by Crippen LogP contribution is -2.50. The average Bonchev–Trinajstić information content (AvgIpc) is 2.95. The van der Waals surface area contributed by atoms with E-state index in [4.69, 9.17) is 9.15 Å². The van der Waals surface area contributed by atoms with E-state index in [0.717, 1.165) is 0 Å². The van der Waals surface area contributed by atoms with Gasteiger partial charge in [0.25, 0.3) is 5.91 Å². The Balaban J connectivity index is 1.90. The Kier molecular flexibility index (Phi) is 3.70. The maximum Gasteiger partial charge on any atom is 0.255 e. The highest BCUT2D eigenvalue weighted by Gasteiger charge is 2.39. The molecule has 1 N–H and O–H groups in total. The summed E-state index contributed by atoms with van der Waals surface area (Å²) >= 11 is 0. The third-order valence-electron chi connectivity index (χ3n) is 3.80. The van der Waals surface area contributed by atoms with Crippen LogP contribution >= 0.6 is 0 Å². The molecule has 0 atom stereocenters. The van der Waals surface area contributed by atoms with Gasteiger partial charge in [0, 0.05) is 38.4 Å². The molecule has 6 heteroatoms. The van der Waals surface area contributed by atoms with Crippen LogP contribution in [0.4, 0.5) is 0 Å². The first-order chi connectivity index (χ1) is 10.2. The number of nitrogens with zero attached hydrogens (tertiary/aromatic N) is 2. The molecular weight excluding hydrogens is 270 g/mol. The molecule has 2 aromatic heterocycles. The number of aromatic nitrogens is 2. The zero-order valence-electron chi connectivity index (χ0n) is 11.8. The quantitative estimate of drug-likeness (QED) is 0.931. The van der Waals surface area contributed by atoms with Crippen molar-refractivity contribution in [3.8, 4) is 0 Å². The van der Waals surface area contributed by atoms with Gasteiger partial charge < -0.3 is 14.5 Å². The topological polar surface area (TPSA) is 77.3 Å². The van der Waals surface area contributed by atoms with Crippen LogP contribution in [0.1, 0.15) is 34.8 Å². The highest BCUT2D eigenvalue weighted by molar-refractivity contribution is 5.95. The number of amides is 1. The molecule has 1 aliphatic heterocycles. The molecule has 2 aromatic rings. The van der Waals surface area contributed by atoms with Gasteiger partial charge in [0.15, 0.2) is 5.82 Å². The van der Waals surface area contributed by atoms with Crippen LogP contribution in [0.2, 0.25) is 0 Å². The van der Waals surface area contributed by atoms with Gasteiger partial charge in [-0.15, -0.1) is 0 Å². The van der Waals surface area contributed by atoms with Crippen LogP contribution in [0.25, 0.3) is 0 Å². The fourth-order valence-corrected chi connectivity index (χ4v) is 2.58. The fraction of sp³-hybridized carbons (Fsp3) is 0.400. The van der Waals surface area contributed by atoms with E-state index >= 15 is 0 Å². The molecule has 6 nitrogen and oxygen atoms in total. The Morgan fingerprint density at radius 1 is 1.29 bits per heavy atom. The van der Waals surface area contributed by atoms with Crippen molar-refractivity contribution in [3.63, 3.8) is 0 Å². The van der Waals surface area contributed by atoms with E-state index in [9.17, 15) is 4.79 Å². The molecule has 3 rings (SSSR count). The Labute approximate surface area is 122 Å². The minimum atomic E-state index is -0.583. The van der Waals surface area contributed by atoms with Gasteiger partial charge in [0.1, 0.15) is 11.3 Å². The average molecular weight is 287 g/mol. The molecule has 1 amide bonds. The minimum Gasteiger partial charge on any atom is -0.469 e. The van der Waals surface area contributed by atoms with Gasteiger partial charge in [-0.2, -0.15) is 0 Å². The van der Waals surface area contributed by atoms with Crippen molar-refractivity contribution in [2.75, 3.05) is 13.2 Å². The zero-order chi connectivity index (χ0) is 14.7. The summed E-state index contributed by atoms with van der Waals surface area (Å²) in [5.74, 6) is 1.06. The normalized spacial score (nSPS) is 17.4. The molecule has 0 aliphatic carbocycles. The van der Waals surface area contributed by atoms with Gasteiger partial charge in [-0.05, 0) is 19.1 Å². The maximum absolute atomic E-state index is 12.5. The predicted octanol–water partition coefficient (Wildman–Crippen LogP) is 1.81. The third kappa shape index (κ3) is 2.67. The number of nitrogens with one attached hydrogen (secondary N) is 1. The van der Waals surface area contributed by atoms with E-state index in [1.165, 1.54) is 6.26 Å². The first-order valence-corrected chi connectivity index (χ1v) is 6.93. The molecule has 110 valence electrons. The molecule has 1 fully saturated rings. The van der Waals surface area contributed by atoms with E-state index in [0.29, 0.717) is 43.2 Å². The van der Waals surface area contributed by atoms with Crippen LogP contribution in [0.3, 0.4) is 0 Å². The SMILES string of the molecule is Cc1occc1C(=O)NC1(c2ncccn2)CCOCC1. The van der Waals surface area contributed by atoms with Crippen molar-refractivity contribution in [2.24, 2.45) is 0 Å². The summed E-state index contributed by atoms with van der Waals surface area (Å²) in [7, 11) is 0. The van der Waals surface area contributed by atoms with Crippen molar-refractivity contribution >= 4 is 5.91 Å². The van der Waals surface area contributed by atoms with Crippen molar-refractivity contribution in [3.05, 3.63) is 47.9 Å². The molecule has 21 heavy (non-hydrogen) atoms. The van der Waals surface area contributed by atoms with Crippen LogP contribution in [-0.4, -0.2) is 29.1 Å². The van der Waals surface area contributed by atoms with Crippen LogP contribution in [0.15, 0.2) is 35.2 Å². The van der Waals surface area contributed by atoms with E-state index in [1.807, 2.05) is 0 Å². The zero-order valence-corrected chi connectivity index (χ0v) is 11.8. The first-order valence-electron chi connectivity index (χ1n) is 6.93. The molecular formula is C15H17N3O3. The number of aryl methyl sites for hydroxylation is 1. The largest absolute Gasteiger partial charge is 0.469 e. The third-order valence-corrected chi connectivity index (χ3v) is 3.80. The second-order valence-electron chi connectivity index (χ2n) is 5.11. The highest BCUT2D eigenvalue weighted by atomic mass is 16.5. The molecule has 0 saturated carbocycles. The van der Waals surface area contributed by atoms with Crippen LogP contribution < -0.4 is 5.32 Å². The lowest BCUT2D eigenvalue weighted by molar-refractivity contribution is 0.0313. The summed E-state index contributed by atoms with van der Waals surface area (Å²) in [6.07, 6.45) is 6.20. The molecule has 0 unspecified atom stereocenters. The van der Waals surface area contributed by atoms with Crippen molar-refractivity contribution < 1.29 is 13.9 Å². The Morgan fingerprint density at radius 2 is 2.00 bits per heavy atom. The minimum absolute atomic E-state index is 0.171. The summed E-state index contributed by atoms with van der Waals surface area (Å²) in [5, 5.41) is 3.09. The number of furan rings is 1. The van der Waals surface area contributed by atoms with Gasteiger partial charge in [-0.3, -0.25) is 4.79 Å². The Bertz CT molecular complexity index is 618. The molecule has 1 saturated heterocycles. The summed E-state index contributed by atoms with van der Waals surface area (Å²) in [6, 6.07) is 3.43. The predicted molar refractivity (Wildman–Crippen MR) is 74.7 cm³/mol. The number of hydrogen-bond acceptors (Lipinski definition) is 5. The maximum atomic E-state index is 12.5. The van der Waals surface area contributed by atoms with E-state index in [1.54, 1.807) is 31.5 Å². The Morgan fingerprint density at radius 3 is 2.62 bits per heavy atom. The van der Waals surface area contributed by atoms with Gasteiger partial charge >= 0.3 is 0 Å². The van der Waals surface area contributed by atoms with Crippen molar-refractivity contribution in [2.45, 2.75) is 25.3 Å². The lowest BCUT2D eigenvalue weighted by atomic mass is 9.88. The van der Waals surface area contributed by atoms with Crippen LogP contribution in [0.5, 0.6) is 0 Å². The van der Waals surface area contributed by atoms with Crippen molar-refractivity contribution in [1.29, 1.82) is 0 Å². The summed E-state index contributed by atoms with van der Waals surface area (Å²) in [6.45, 7) is 2.91. The van der Waals surface area contributed by atoms with Gasteiger partial charge in [0.2, 0.25) is 0 Å². The van der Waals surface area contributed by atoms with E-state index < -0.39 is 5.54 Å². The fourth-order valence-electron chi connectivity index (χ4n) is 2.58. The Hall–Kier alpha value is -2.21. The second-order valence-corrected chi connectivity index (χ2v) is 5.11. The lowest BCUT2D eigenvalue weighted by Gasteiger charge is -2.36. The summed E-state index contributed by atoms with van der Waals surface area (Å²) in [4.78, 5) is 21.2. The number of ether oxygens (including phenoxy) is 1. The molecule has 0 radical (unpaired) electrons. The highest BCUT2D eigenvalue weighted by Crippen LogP contribution is 2.30. The first kappa shape index (κ1) is 13.8. The number of hydrogen-bond donors (Lipinski definition) is 1. The second kappa shape index (κ2) is 5.65. The molecule has 0 aromatic carbocycles. The van der Waals surface area contributed by atoms with Gasteiger partial charge in [0.05, 0.1) is 11.8 Å².